The zero-order chi connectivity index (χ0) is 12.3. The second-order valence-electron chi connectivity index (χ2n) is 4.82. The third-order valence-corrected chi connectivity index (χ3v) is 3.68. The molecule has 1 N–H and O–H groups in total. The molecular formula is C14H18FNO. The molecule has 2 atom stereocenters. The molecule has 1 heterocycles. The second kappa shape index (κ2) is 4.96. The molecule has 1 aliphatic heterocycles. The highest BCUT2D eigenvalue weighted by atomic mass is 19.1. The third-order valence-electron chi connectivity index (χ3n) is 3.68. The monoisotopic (exact) mass is 235 g/mol. The number of aldehydes is 1. The predicted octanol–water partition coefficient (Wildman–Crippen LogP) is 2.68. The van der Waals surface area contributed by atoms with Gasteiger partial charge in [0.25, 0.3) is 0 Å². The molecule has 3 heteroatoms. The standard InChI is InChI=1S/C14H18FNO/c1-14(15,12-6-4-8-16-9-12)13-7-3-2-5-11(13)10-17/h2-3,5,7,10,12,16H,4,6,8-9H2,1H3. The Morgan fingerprint density at radius 3 is 2.88 bits per heavy atom. The van der Waals surface area contributed by atoms with Crippen LogP contribution in [0.15, 0.2) is 24.3 Å². The highest BCUT2D eigenvalue weighted by Crippen LogP contribution is 2.38. The molecule has 0 saturated carbocycles. The van der Waals surface area contributed by atoms with Crippen LogP contribution in [0.2, 0.25) is 0 Å². The van der Waals surface area contributed by atoms with Gasteiger partial charge in [-0.05, 0) is 31.9 Å². The van der Waals surface area contributed by atoms with Gasteiger partial charge in [-0.2, -0.15) is 0 Å². The van der Waals surface area contributed by atoms with Crippen molar-refractivity contribution in [3.8, 4) is 0 Å². The van der Waals surface area contributed by atoms with E-state index in [2.05, 4.69) is 5.32 Å². The number of carbonyl (C=O) groups is 1. The maximum atomic E-state index is 15.0. The first-order chi connectivity index (χ1) is 8.16. The van der Waals surface area contributed by atoms with E-state index in [4.69, 9.17) is 0 Å². The smallest absolute Gasteiger partial charge is 0.150 e. The van der Waals surface area contributed by atoms with Crippen LogP contribution in [0, 0.1) is 5.92 Å². The van der Waals surface area contributed by atoms with Crippen LogP contribution < -0.4 is 5.32 Å². The van der Waals surface area contributed by atoms with E-state index >= 15 is 0 Å². The van der Waals surface area contributed by atoms with Gasteiger partial charge in [0.2, 0.25) is 0 Å². The average Bonchev–Trinajstić information content (AvgIpc) is 2.39. The number of piperidine rings is 1. The van der Waals surface area contributed by atoms with Crippen LogP contribution in [-0.4, -0.2) is 19.4 Å². The largest absolute Gasteiger partial charge is 0.316 e. The van der Waals surface area contributed by atoms with Gasteiger partial charge in [0.05, 0.1) is 0 Å². The van der Waals surface area contributed by atoms with Crippen LogP contribution in [0.3, 0.4) is 0 Å². The number of hydrogen-bond acceptors (Lipinski definition) is 2. The Balaban J connectivity index is 2.32. The van der Waals surface area contributed by atoms with Gasteiger partial charge in [0.15, 0.2) is 0 Å². The van der Waals surface area contributed by atoms with Crippen molar-refractivity contribution < 1.29 is 9.18 Å². The summed E-state index contributed by atoms with van der Waals surface area (Å²) >= 11 is 0. The van der Waals surface area contributed by atoms with Gasteiger partial charge in [-0.3, -0.25) is 4.79 Å². The van der Waals surface area contributed by atoms with Gasteiger partial charge < -0.3 is 5.32 Å². The topological polar surface area (TPSA) is 29.1 Å². The van der Waals surface area contributed by atoms with Gasteiger partial charge in [0, 0.05) is 18.0 Å². The minimum atomic E-state index is -1.44. The van der Waals surface area contributed by atoms with Crippen LogP contribution in [0.4, 0.5) is 4.39 Å². The summed E-state index contributed by atoms with van der Waals surface area (Å²) in [6, 6.07) is 6.95. The average molecular weight is 235 g/mol. The van der Waals surface area contributed by atoms with Crippen molar-refractivity contribution in [1.29, 1.82) is 0 Å². The third kappa shape index (κ3) is 2.39. The lowest BCUT2D eigenvalue weighted by Gasteiger charge is -2.34. The van der Waals surface area contributed by atoms with Crippen LogP contribution in [0.25, 0.3) is 0 Å². The summed E-state index contributed by atoms with van der Waals surface area (Å²) in [6.45, 7) is 3.23. The van der Waals surface area contributed by atoms with E-state index in [1.165, 1.54) is 0 Å². The van der Waals surface area contributed by atoms with E-state index in [0.29, 0.717) is 17.7 Å². The summed E-state index contributed by atoms with van der Waals surface area (Å²) in [5.41, 5.74) is -0.461. The van der Waals surface area contributed by atoms with Crippen molar-refractivity contribution in [2.24, 2.45) is 5.92 Å². The molecule has 92 valence electrons. The lowest BCUT2D eigenvalue weighted by Crippen LogP contribution is -2.40. The summed E-state index contributed by atoms with van der Waals surface area (Å²) in [5.74, 6) is -0.0580. The van der Waals surface area contributed by atoms with Gasteiger partial charge >= 0.3 is 0 Å². The van der Waals surface area contributed by atoms with Crippen LogP contribution in [0.1, 0.15) is 35.7 Å². The van der Waals surface area contributed by atoms with Crippen LogP contribution in [0.5, 0.6) is 0 Å². The van der Waals surface area contributed by atoms with E-state index in [0.717, 1.165) is 25.7 Å². The molecule has 17 heavy (non-hydrogen) atoms. The fraction of sp³-hybridized carbons (Fsp3) is 0.500. The predicted molar refractivity (Wildman–Crippen MR) is 65.9 cm³/mol. The first kappa shape index (κ1) is 12.2. The first-order valence-corrected chi connectivity index (χ1v) is 6.10. The Hall–Kier alpha value is -1.22. The minimum Gasteiger partial charge on any atom is -0.316 e. The molecule has 0 spiro atoms. The van der Waals surface area contributed by atoms with Crippen molar-refractivity contribution in [3.05, 3.63) is 35.4 Å². The fourth-order valence-corrected chi connectivity index (χ4v) is 2.58. The minimum absolute atomic E-state index is 0.0580. The van der Waals surface area contributed by atoms with Crippen molar-refractivity contribution in [1.82, 2.24) is 5.32 Å². The maximum absolute atomic E-state index is 15.0. The molecule has 2 rings (SSSR count). The van der Waals surface area contributed by atoms with E-state index < -0.39 is 5.67 Å². The molecule has 1 saturated heterocycles. The maximum Gasteiger partial charge on any atom is 0.150 e. The number of nitrogens with one attached hydrogen (secondary N) is 1. The summed E-state index contributed by atoms with van der Waals surface area (Å²) in [6.07, 6.45) is 2.60. The molecule has 1 aromatic carbocycles. The molecule has 2 unspecified atom stereocenters. The Bertz CT molecular complexity index is 397. The first-order valence-electron chi connectivity index (χ1n) is 6.10. The summed E-state index contributed by atoms with van der Waals surface area (Å²) in [7, 11) is 0. The molecule has 0 amide bonds. The molecule has 2 nitrogen and oxygen atoms in total. The lowest BCUT2D eigenvalue weighted by molar-refractivity contribution is 0.0794. The molecule has 1 aliphatic rings. The number of hydrogen-bond donors (Lipinski definition) is 1. The Morgan fingerprint density at radius 2 is 2.24 bits per heavy atom. The van der Waals surface area contributed by atoms with Gasteiger partial charge in [-0.25, -0.2) is 4.39 Å². The molecule has 0 radical (unpaired) electrons. The normalized spacial score (nSPS) is 24.0. The summed E-state index contributed by atoms with van der Waals surface area (Å²) in [4.78, 5) is 11.0. The number of carbonyl (C=O) groups excluding carboxylic acids is 1. The van der Waals surface area contributed by atoms with Crippen molar-refractivity contribution in [2.75, 3.05) is 13.1 Å². The number of alkyl halides is 1. The zero-order valence-electron chi connectivity index (χ0n) is 10.1. The van der Waals surface area contributed by atoms with Gasteiger partial charge in [-0.1, -0.05) is 24.3 Å². The number of halogens is 1. The Morgan fingerprint density at radius 1 is 1.47 bits per heavy atom. The Labute approximate surface area is 101 Å². The fourth-order valence-electron chi connectivity index (χ4n) is 2.58. The zero-order valence-corrected chi connectivity index (χ0v) is 10.1. The molecule has 0 bridgehead atoms. The summed E-state index contributed by atoms with van der Waals surface area (Å²) in [5, 5.41) is 3.22. The molecule has 1 aromatic rings. The Kier molecular flexibility index (Phi) is 3.57. The van der Waals surface area contributed by atoms with Gasteiger partial charge in [-0.15, -0.1) is 0 Å². The SMILES string of the molecule is CC(F)(c1ccccc1C=O)C1CCCNC1. The molecule has 1 fully saturated rings. The molecule has 0 aromatic heterocycles. The van der Waals surface area contributed by atoms with E-state index in [9.17, 15) is 9.18 Å². The lowest BCUT2D eigenvalue weighted by atomic mass is 9.78. The van der Waals surface area contributed by atoms with Crippen LogP contribution >= 0.6 is 0 Å². The van der Waals surface area contributed by atoms with Crippen LogP contribution in [-0.2, 0) is 5.67 Å². The molecule has 0 aliphatic carbocycles. The highest BCUT2D eigenvalue weighted by Gasteiger charge is 2.37. The van der Waals surface area contributed by atoms with E-state index in [1.807, 2.05) is 0 Å². The summed E-state index contributed by atoms with van der Waals surface area (Å²) < 4.78 is 15.0. The van der Waals surface area contributed by atoms with E-state index in [-0.39, 0.29) is 5.92 Å². The van der Waals surface area contributed by atoms with Crippen molar-refractivity contribution in [3.63, 3.8) is 0 Å². The van der Waals surface area contributed by atoms with Gasteiger partial charge in [0.1, 0.15) is 12.0 Å². The van der Waals surface area contributed by atoms with Crippen molar-refractivity contribution in [2.45, 2.75) is 25.4 Å². The molecular weight excluding hydrogens is 217 g/mol. The van der Waals surface area contributed by atoms with Crippen molar-refractivity contribution >= 4 is 6.29 Å². The number of rotatable bonds is 3. The second-order valence-corrected chi connectivity index (χ2v) is 4.82. The quantitative estimate of drug-likeness (QED) is 0.816. The number of benzene rings is 1. The van der Waals surface area contributed by atoms with E-state index in [1.54, 1.807) is 31.2 Å². The highest BCUT2D eigenvalue weighted by molar-refractivity contribution is 5.77.